The Morgan fingerprint density at radius 3 is 2.90 bits per heavy atom. The van der Waals surface area contributed by atoms with Crippen LogP contribution in [0.1, 0.15) is 0 Å². The Morgan fingerprint density at radius 1 is 1.30 bits per heavy atom. The van der Waals surface area contributed by atoms with Crippen LogP contribution in [0.5, 0.6) is 5.88 Å². The van der Waals surface area contributed by atoms with Crippen molar-refractivity contribution in [1.82, 2.24) is 13.9 Å². The fourth-order valence-corrected chi connectivity index (χ4v) is 2.57. The molecule has 3 aromatic heterocycles. The molecule has 0 unspecified atom stereocenters. The molecule has 0 spiro atoms. The van der Waals surface area contributed by atoms with Crippen LogP contribution in [0.4, 0.5) is 3.89 Å². The standard InChI is InChI=1S/C13H9ClFN3OS/c1-19-13-9(3-2-6-16-13)10-7-18(20-15)12-8(10)4-5-11(14)17-12/h2-7H,1H3. The lowest BCUT2D eigenvalue weighted by molar-refractivity contribution is 0.400. The summed E-state index contributed by atoms with van der Waals surface area (Å²) in [6.07, 6.45) is 3.29. The quantitative estimate of drug-likeness (QED) is 0.682. The van der Waals surface area contributed by atoms with Gasteiger partial charge in [0.2, 0.25) is 5.88 Å². The first kappa shape index (κ1) is 13.2. The molecule has 3 rings (SSSR count). The second-order valence-corrected chi connectivity index (χ2v) is 4.92. The fourth-order valence-electron chi connectivity index (χ4n) is 2.08. The van der Waals surface area contributed by atoms with Gasteiger partial charge in [0.05, 0.1) is 7.11 Å². The van der Waals surface area contributed by atoms with E-state index in [9.17, 15) is 3.89 Å². The average molecular weight is 310 g/mol. The molecule has 0 N–H and O–H groups in total. The Kier molecular flexibility index (Phi) is 3.50. The number of ether oxygens (including phenoxy) is 1. The molecule has 102 valence electrons. The number of halogens is 2. The van der Waals surface area contributed by atoms with Crippen LogP contribution in [0.3, 0.4) is 0 Å². The van der Waals surface area contributed by atoms with Crippen molar-refractivity contribution in [1.29, 1.82) is 0 Å². The Labute approximate surface area is 124 Å². The van der Waals surface area contributed by atoms with E-state index in [1.807, 2.05) is 6.07 Å². The monoisotopic (exact) mass is 309 g/mol. The summed E-state index contributed by atoms with van der Waals surface area (Å²) in [4.78, 5) is 8.31. The van der Waals surface area contributed by atoms with Crippen LogP contribution in [0, 0.1) is 0 Å². The predicted octanol–water partition coefficient (Wildman–Crippen LogP) is 4.14. The summed E-state index contributed by atoms with van der Waals surface area (Å²) in [6.45, 7) is 0. The molecule has 0 saturated carbocycles. The van der Waals surface area contributed by atoms with Gasteiger partial charge in [0, 0.05) is 28.9 Å². The maximum absolute atomic E-state index is 13.0. The van der Waals surface area contributed by atoms with Gasteiger partial charge in [0.15, 0.2) is 18.0 Å². The van der Waals surface area contributed by atoms with Crippen molar-refractivity contribution in [2.24, 2.45) is 0 Å². The van der Waals surface area contributed by atoms with Gasteiger partial charge in [-0.3, -0.25) is 0 Å². The molecule has 0 saturated heterocycles. The zero-order valence-corrected chi connectivity index (χ0v) is 12.0. The van der Waals surface area contributed by atoms with E-state index in [1.165, 1.54) is 3.97 Å². The second kappa shape index (κ2) is 5.30. The van der Waals surface area contributed by atoms with E-state index in [0.717, 1.165) is 16.5 Å². The summed E-state index contributed by atoms with van der Waals surface area (Å²) in [5.41, 5.74) is 2.03. The third-order valence-electron chi connectivity index (χ3n) is 2.92. The highest BCUT2D eigenvalue weighted by molar-refractivity contribution is 7.92. The molecule has 4 nitrogen and oxygen atoms in total. The van der Waals surface area contributed by atoms with Gasteiger partial charge in [-0.2, -0.15) is 0 Å². The largest absolute Gasteiger partial charge is 0.481 e. The van der Waals surface area contributed by atoms with E-state index in [0.29, 0.717) is 16.7 Å². The SMILES string of the molecule is COc1ncccc1-c1cn(SF)c2nc(Cl)ccc12. The molecular formula is C13H9ClFN3OS. The molecule has 7 heteroatoms. The average Bonchev–Trinajstić information content (AvgIpc) is 2.84. The third-order valence-corrected chi connectivity index (χ3v) is 3.55. The van der Waals surface area contributed by atoms with Gasteiger partial charge in [0.25, 0.3) is 0 Å². The van der Waals surface area contributed by atoms with Crippen molar-refractivity contribution in [3.63, 3.8) is 0 Å². The lowest BCUT2D eigenvalue weighted by atomic mass is 10.1. The molecule has 0 bridgehead atoms. The molecule has 0 aromatic carbocycles. The number of hydrogen-bond acceptors (Lipinski definition) is 4. The number of hydrogen-bond donors (Lipinski definition) is 0. The van der Waals surface area contributed by atoms with E-state index in [2.05, 4.69) is 9.97 Å². The van der Waals surface area contributed by atoms with Crippen molar-refractivity contribution in [3.05, 3.63) is 41.8 Å². The molecule has 20 heavy (non-hydrogen) atoms. The Hall–Kier alpha value is -1.79. The number of methoxy groups -OCH3 is 1. The Balaban J connectivity index is 2.31. The van der Waals surface area contributed by atoms with Crippen LogP contribution >= 0.6 is 23.9 Å². The molecule has 0 fully saturated rings. The minimum absolute atomic E-state index is 0.0702. The first-order valence-electron chi connectivity index (χ1n) is 5.70. The first-order chi connectivity index (χ1) is 9.74. The van der Waals surface area contributed by atoms with E-state index in [4.69, 9.17) is 16.3 Å². The number of rotatable bonds is 3. The number of pyridine rings is 2. The molecular weight excluding hydrogens is 301 g/mol. The van der Waals surface area contributed by atoms with Gasteiger partial charge in [-0.1, -0.05) is 11.6 Å². The normalized spacial score (nSPS) is 10.9. The van der Waals surface area contributed by atoms with Crippen molar-refractivity contribution in [2.45, 2.75) is 0 Å². The number of fused-ring (bicyclic) bond motifs is 1. The van der Waals surface area contributed by atoms with Gasteiger partial charge in [-0.25, -0.2) is 13.9 Å². The van der Waals surface area contributed by atoms with Crippen molar-refractivity contribution in [3.8, 4) is 17.0 Å². The van der Waals surface area contributed by atoms with Crippen LogP contribution in [-0.2, 0) is 0 Å². The van der Waals surface area contributed by atoms with Crippen LogP contribution in [-0.4, -0.2) is 21.1 Å². The molecule has 0 amide bonds. The summed E-state index contributed by atoms with van der Waals surface area (Å²) in [6, 6.07) is 7.14. The minimum Gasteiger partial charge on any atom is -0.481 e. The molecule has 3 heterocycles. The zero-order chi connectivity index (χ0) is 14.1. The van der Waals surface area contributed by atoms with Gasteiger partial charge in [-0.15, -0.1) is 3.89 Å². The van der Waals surface area contributed by atoms with Gasteiger partial charge in [0.1, 0.15) is 5.15 Å². The van der Waals surface area contributed by atoms with E-state index >= 15 is 0 Å². The topological polar surface area (TPSA) is 39.9 Å². The highest BCUT2D eigenvalue weighted by Gasteiger charge is 2.16. The number of aromatic nitrogens is 3. The van der Waals surface area contributed by atoms with E-state index in [1.54, 1.807) is 37.7 Å². The fraction of sp³-hybridized carbons (Fsp3) is 0.0769. The van der Waals surface area contributed by atoms with Gasteiger partial charge >= 0.3 is 0 Å². The minimum atomic E-state index is 0.0702. The summed E-state index contributed by atoms with van der Waals surface area (Å²) in [7, 11) is 1.55. The lowest BCUT2D eigenvalue weighted by Crippen LogP contribution is -1.90. The highest BCUT2D eigenvalue weighted by Crippen LogP contribution is 2.36. The highest BCUT2D eigenvalue weighted by atomic mass is 35.5. The first-order valence-corrected chi connectivity index (χ1v) is 6.76. The summed E-state index contributed by atoms with van der Waals surface area (Å²) >= 11 is 5.94. The molecule has 0 radical (unpaired) electrons. The predicted molar refractivity (Wildman–Crippen MR) is 78.6 cm³/mol. The van der Waals surface area contributed by atoms with Crippen molar-refractivity contribution < 1.29 is 8.62 Å². The molecule has 3 aromatic rings. The maximum Gasteiger partial charge on any atom is 0.221 e. The maximum atomic E-state index is 13.0. The third kappa shape index (κ3) is 2.10. The van der Waals surface area contributed by atoms with Crippen LogP contribution in [0.15, 0.2) is 36.7 Å². The Bertz CT molecular complexity index is 777. The lowest BCUT2D eigenvalue weighted by Gasteiger charge is -2.05. The van der Waals surface area contributed by atoms with Crippen molar-refractivity contribution >= 4 is 35.0 Å². The summed E-state index contributed by atoms with van der Waals surface area (Å²) in [5.74, 6) is 0.477. The molecule has 0 aliphatic carbocycles. The Morgan fingerprint density at radius 2 is 2.15 bits per heavy atom. The van der Waals surface area contributed by atoms with Gasteiger partial charge in [-0.05, 0) is 24.3 Å². The molecule has 0 aliphatic rings. The zero-order valence-electron chi connectivity index (χ0n) is 10.4. The second-order valence-electron chi connectivity index (χ2n) is 4.00. The van der Waals surface area contributed by atoms with E-state index < -0.39 is 0 Å². The van der Waals surface area contributed by atoms with E-state index in [-0.39, 0.29) is 12.3 Å². The molecule has 0 atom stereocenters. The van der Waals surface area contributed by atoms with Crippen LogP contribution < -0.4 is 4.74 Å². The summed E-state index contributed by atoms with van der Waals surface area (Å²) < 4.78 is 19.6. The van der Waals surface area contributed by atoms with Crippen molar-refractivity contribution in [2.75, 3.05) is 7.11 Å². The molecule has 0 aliphatic heterocycles. The van der Waals surface area contributed by atoms with Crippen LogP contribution in [0.25, 0.3) is 22.2 Å². The summed E-state index contributed by atoms with van der Waals surface area (Å²) in [5, 5.41) is 1.10. The van der Waals surface area contributed by atoms with Crippen LogP contribution in [0.2, 0.25) is 5.15 Å². The number of nitrogens with zero attached hydrogens (tertiary/aromatic N) is 3. The smallest absolute Gasteiger partial charge is 0.221 e. The van der Waals surface area contributed by atoms with Gasteiger partial charge < -0.3 is 4.74 Å².